The number of carbonyl (C=O) groups excluding carboxylic acids is 1. The summed E-state index contributed by atoms with van der Waals surface area (Å²) in [5, 5.41) is 2.05. The van der Waals surface area contributed by atoms with Crippen LogP contribution in [0.1, 0.15) is 21.5 Å². The largest absolute Gasteiger partial charge is 0.285 e. The normalized spacial score (nSPS) is 11.6. The van der Waals surface area contributed by atoms with E-state index in [-0.39, 0.29) is 5.91 Å². The highest BCUT2D eigenvalue weighted by atomic mass is 79.9. The lowest BCUT2D eigenvalue weighted by Crippen LogP contribution is -2.16. The summed E-state index contributed by atoms with van der Waals surface area (Å²) in [4.78, 5) is 17.8. The Morgan fingerprint density at radius 3 is 2.34 bits per heavy atom. The van der Waals surface area contributed by atoms with Gasteiger partial charge in [0.25, 0.3) is 5.91 Å². The third kappa shape index (κ3) is 4.16. The molecule has 5 heteroatoms. The van der Waals surface area contributed by atoms with E-state index < -0.39 is 0 Å². The van der Waals surface area contributed by atoms with Crippen LogP contribution in [0.3, 0.4) is 0 Å². The lowest BCUT2D eigenvalue weighted by atomic mass is 10.1. The van der Waals surface area contributed by atoms with Crippen LogP contribution in [0.15, 0.2) is 87.6 Å². The fraction of sp³-hybridized carbons (Fsp3) is 0.0833. The Labute approximate surface area is 182 Å². The Kier molecular flexibility index (Phi) is 5.60. The van der Waals surface area contributed by atoms with Gasteiger partial charge in [0.2, 0.25) is 0 Å². The number of halogens is 1. The molecule has 0 spiro atoms. The minimum atomic E-state index is -0.243. The number of amides is 1. The number of aryl methyl sites for hydroxylation is 2. The van der Waals surface area contributed by atoms with E-state index in [9.17, 15) is 4.79 Å². The minimum Gasteiger partial charge on any atom is -0.285 e. The Hall–Kier alpha value is -2.76. The van der Waals surface area contributed by atoms with E-state index in [0.717, 1.165) is 21.4 Å². The number of benzene rings is 3. The molecule has 0 unspecified atom stereocenters. The van der Waals surface area contributed by atoms with E-state index in [2.05, 4.69) is 75.0 Å². The molecule has 29 heavy (non-hydrogen) atoms. The number of aromatic nitrogens is 1. The molecule has 0 bridgehead atoms. The van der Waals surface area contributed by atoms with Crippen molar-refractivity contribution in [2.24, 2.45) is 4.99 Å². The molecule has 1 aromatic heterocycles. The molecule has 3 aromatic carbocycles. The van der Waals surface area contributed by atoms with E-state index in [1.165, 1.54) is 22.5 Å². The lowest BCUT2D eigenvalue weighted by molar-refractivity contribution is 0.0998. The highest BCUT2D eigenvalue weighted by molar-refractivity contribution is 9.10. The molecule has 0 aliphatic heterocycles. The van der Waals surface area contributed by atoms with E-state index in [1.807, 2.05) is 30.3 Å². The number of thiazole rings is 1. The third-order valence-electron chi connectivity index (χ3n) is 4.81. The van der Waals surface area contributed by atoms with Crippen molar-refractivity contribution in [1.29, 1.82) is 0 Å². The summed E-state index contributed by atoms with van der Waals surface area (Å²) in [5.41, 5.74) is 6.07. The average Bonchev–Trinajstić information content (AvgIpc) is 3.14. The van der Waals surface area contributed by atoms with Crippen molar-refractivity contribution < 1.29 is 4.79 Å². The first-order valence-corrected chi connectivity index (χ1v) is 10.9. The van der Waals surface area contributed by atoms with Crippen molar-refractivity contribution in [3.8, 4) is 16.9 Å². The van der Waals surface area contributed by atoms with Crippen LogP contribution in [-0.2, 0) is 0 Å². The van der Waals surface area contributed by atoms with Gasteiger partial charge in [-0.05, 0) is 66.9 Å². The molecule has 0 saturated carbocycles. The van der Waals surface area contributed by atoms with Crippen LogP contribution >= 0.6 is 27.3 Å². The average molecular weight is 463 g/mol. The van der Waals surface area contributed by atoms with Crippen molar-refractivity contribution in [3.05, 3.63) is 104 Å². The van der Waals surface area contributed by atoms with Crippen molar-refractivity contribution in [3.63, 3.8) is 0 Å². The smallest absolute Gasteiger partial charge is 0.279 e. The summed E-state index contributed by atoms with van der Waals surface area (Å²) in [6, 6.07) is 23.6. The van der Waals surface area contributed by atoms with Gasteiger partial charge in [-0.25, -0.2) is 0 Å². The second-order valence-electron chi connectivity index (χ2n) is 6.80. The maximum absolute atomic E-state index is 12.7. The SMILES string of the molecule is Cc1ccc(-n2c(-c3ccc(Br)cc3)csc2=NC(=O)c2ccccc2)cc1C. The topological polar surface area (TPSA) is 34.4 Å². The molecule has 0 saturated heterocycles. The first kappa shape index (κ1) is 19.6. The van der Waals surface area contributed by atoms with E-state index in [0.29, 0.717) is 10.4 Å². The van der Waals surface area contributed by atoms with Gasteiger partial charge in [-0.3, -0.25) is 9.36 Å². The summed E-state index contributed by atoms with van der Waals surface area (Å²) in [5.74, 6) is -0.243. The molecule has 4 aromatic rings. The molecule has 0 fully saturated rings. The van der Waals surface area contributed by atoms with Gasteiger partial charge in [0.1, 0.15) is 0 Å². The fourth-order valence-electron chi connectivity index (χ4n) is 3.06. The van der Waals surface area contributed by atoms with Crippen LogP contribution in [0.5, 0.6) is 0 Å². The molecule has 144 valence electrons. The predicted octanol–water partition coefficient (Wildman–Crippen LogP) is 6.33. The summed E-state index contributed by atoms with van der Waals surface area (Å²) in [6.45, 7) is 4.19. The highest BCUT2D eigenvalue weighted by Crippen LogP contribution is 2.26. The Bertz CT molecular complexity index is 1240. The molecule has 3 nitrogen and oxygen atoms in total. The molecule has 4 rings (SSSR count). The molecular weight excluding hydrogens is 444 g/mol. The molecule has 0 N–H and O–H groups in total. The molecule has 1 heterocycles. The second kappa shape index (κ2) is 8.31. The fourth-order valence-corrected chi connectivity index (χ4v) is 4.23. The molecular formula is C24H19BrN2OS. The molecule has 0 atom stereocenters. The Balaban J connectivity index is 1.92. The van der Waals surface area contributed by atoms with Gasteiger partial charge >= 0.3 is 0 Å². The van der Waals surface area contributed by atoms with Gasteiger partial charge in [0, 0.05) is 21.1 Å². The van der Waals surface area contributed by atoms with Crippen LogP contribution in [0.25, 0.3) is 16.9 Å². The van der Waals surface area contributed by atoms with E-state index >= 15 is 0 Å². The van der Waals surface area contributed by atoms with Gasteiger partial charge in [0.05, 0.1) is 5.69 Å². The van der Waals surface area contributed by atoms with Gasteiger partial charge in [-0.2, -0.15) is 4.99 Å². The first-order valence-electron chi connectivity index (χ1n) is 9.21. The lowest BCUT2D eigenvalue weighted by Gasteiger charge is -2.11. The van der Waals surface area contributed by atoms with Crippen LogP contribution in [0.2, 0.25) is 0 Å². The Morgan fingerprint density at radius 1 is 0.931 bits per heavy atom. The molecule has 1 amide bonds. The quantitative estimate of drug-likeness (QED) is 0.350. The maximum Gasteiger partial charge on any atom is 0.279 e. The molecule has 0 aliphatic rings. The van der Waals surface area contributed by atoms with Crippen LogP contribution in [0, 0.1) is 13.8 Å². The summed E-state index contributed by atoms with van der Waals surface area (Å²) < 4.78 is 3.08. The molecule has 0 aliphatic carbocycles. The predicted molar refractivity (Wildman–Crippen MR) is 123 cm³/mol. The third-order valence-corrected chi connectivity index (χ3v) is 6.17. The van der Waals surface area contributed by atoms with Gasteiger partial charge in [-0.15, -0.1) is 11.3 Å². The van der Waals surface area contributed by atoms with Crippen LogP contribution < -0.4 is 4.80 Å². The zero-order chi connectivity index (χ0) is 20.4. The summed E-state index contributed by atoms with van der Waals surface area (Å²) in [6.07, 6.45) is 0. The summed E-state index contributed by atoms with van der Waals surface area (Å²) >= 11 is 4.96. The van der Waals surface area contributed by atoms with E-state index in [4.69, 9.17) is 0 Å². The van der Waals surface area contributed by atoms with Crippen molar-refractivity contribution in [1.82, 2.24) is 4.57 Å². The number of carbonyl (C=O) groups is 1. The van der Waals surface area contributed by atoms with E-state index in [1.54, 1.807) is 12.1 Å². The summed E-state index contributed by atoms with van der Waals surface area (Å²) in [7, 11) is 0. The Morgan fingerprint density at radius 2 is 1.66 bits per heavy atom. The van der Waals surface area contributed by atoms with Crippen LogP contribution in [-0.4, -0.2) is 10.5 Å². The monoisotopic (exact) mass is 462 g/mol. The van der Waals surface area contributed by atoms with Crippen molar-refractivity contribution >= 4 is 33.2 Å². The highest BCUT2D eigenvalue weighted by Gasteiger charge is 2.13. The van der Waals surface area contributed by atoms with Crippen molar-refractivity contribution in [2.45, 2.75) is 13.8 Å². The standard InChI is InChI=1S/C24H19BrN2OS/c1-16-8-13-21(14-17(16)2)27-22(18-9-11-20(25)12-10-18)15-29-24(27)26-23(28)19-6-4-3-5-7-19/h3-15H,1-2H3. The minimum absolute atomic E-state index is 0.243. The van der Waals surface area contributed by atoms with Gasteiger partial charge in [0.15, 0.2) is 4.80 Å². The number of nitrogens with zero attached hydrogens (tertiary/aromatic N) is 2. The van der Waals surface area contributed by atoms with Gasteiger partial charge in [-0.1, -0.05) is 52.3 Å². The van der Waals surface area contributed by atoms with Crippen LogP contribution in [0.4, 0.5) is 0 Å². The van der Waals surface area contributed by atoms with Gasteiger partial charge < -0.3 is 0 Å². The zero-order valence-electron chi connectivity index (χ0n) is 16.1. The number of hydrogen-bond donors (Lipinski definition) is 0. The van der Waals surface area contributed by atoms with Crippen molar-refractivity contribution in [2.75, 3.05) is 0 Å². The first-order chi connectivity index (χ1) is 14.0. The number of hydrogen-bond acceptors (Lipinski definition) is 2. The molecule has 0 radical (unpaired) electrons. The zero-order valence-corrected chi connectivity index (χ0v) is 18.5. The second-order valence-corrected chi connectivity index (χ2v) is 8.55. The number of rotatable bonds is 3. The maximum atomic E-state index is 12.7.